The van der Waals surface area contributed by atoms with Gasteiger partial charge in [-0.2, -0.15) is 0 Å². The first-order valence-corrected chi connectivity index (χ1v) is 2.85. The van der Waals surface area contributed by atoms with Crippen LogP contribution in [0.15, 0.2) is 0 Å². The Bertz CT molecular complexity index is 51.3. The third-order valence-electron chi connectivity index (χ3n) is 0.570. The summed E-state index contributed by atoms with van der Waals surface area (Å²) in [5.74, 6) is 0.382. The van der Waals surface area contributed by atoms with Crippen molar-refractivity contribution >= 4 is 11.6 Å². The van der Waals surface area contributed by atoms with Gasteiger partial charge in [0, 0.05) is 12.4 Å². The van der Waals surface area contributed by atoms with Crippen LogP contribution in [0.4, 0.5) is 8.78 Å². The summed E-state index contributed by atoms with van der Waals surface area (Å²) in [6.07, 6.45) is -2.27. The molecule has 0 atom stereocenters. The molecule has 0 aliphatic rings. The molecule has 0 rings (SSSR count). The van der Waals surface area contributed by atoms with E-state index in [4.69, 9.17) is 11.6 Å². The standard InChI is InChI=1S/C4H8ClF2N/c5-1-2-8-3-4(6)7/h4,8H,1-3H2. The largest absolute Gasteiger partial charge is 0.310 e. The molecule has 4 heteroatoms. The van der Waals surface area contributed by atoms with Crippen LogP contribution in [-0.2, 0) is 0 Å². The molecule has 8 heavy (non-hydrogen) atoms. The molecule has 0 spiro atoms. The van der Waals surface area contributed by atoms with Gasteiger partial charge in [0.15, 0.2) is 0 Å². The van der Waals surface area contributed by atoms with Crippen molar-refractivity contribution in [1.82, 2.24) is 5.32 Å². The lowest BCUT2D eigenvalue weighted by Crippen LogP contribution is -2.22. The Kier molecular flexibility index (Phi) is 5.32. The summed E-state index contributed by atoms with van der Waals surface area (Å²) in [7, 11) is 0. The summed E-state index contributed by atoms with van der Waals surface area (Å²) in [6.45, 7) is 0.193. The highest BCUT2D eigenvalue weighted by atomic mass is 35.5. The monoisotopic (exact) mass is 143 g/mol. The van der Waals surface area contributed by atoms with E-state index in [9.17, 15) is 8.78 Å². The van der Waals surface area contributed by atoms with Crippen molar-refractivity contribution in [3.05, 3.63) is 0 Å². The van der Waals surface area contributed by atoms with Crippen LogP contribution in [0.5, 0.6) is 0 Å². The molecule has 1 nitrogen and oxygen atoms in total. The zero-order valence-corrected chi connectivity index (χ0v) is 5.09. The van der Waals surface area contributed by atoms with Crippen molar-refractivity contribution in [2.45, 2.75) is 6.43 Å². The number of hydrogen-bond donors (Lipinski definition) is 1. The van der Waals surface area contributed by atoms with Gasteiger partial charge in [-0.25, -0.2) is 8.78 Å². The molecule has 0 heterocycles. The lowest BCUT2D eigenvalue weighted by Gasteiger charge is -1.97. The Balaban J connectivity index is 2.72. The molecule has 0 radical (unpaired) electrons. The Morgan fingerprint density at radius 3 is 2.50 bits per heavy atom. The van der Waals surface area contributed by atoms with Gasteiger partial charge in [0.25, 0.3) is 6.43 Å². The van der Waals surface area contributed by atoms with E-state index in [1.54, 1.807) is 0 Å². The fourth-order valence-corrected chi connectivity index (χ4v) is 0.412. The minimum absolute atomic E-state index is 0.257. The molecule has 0 saturated heterocycles. The molecular formula is C4H8ClF2N. The van der Waals surface area contributed by atoms with Gasteiger partial charge in [-0.05, 0) is 0 Å². The highest BCUT2D eigenvalue weighted by Gasteiger charge is 1.97. The van der Waals surface area contributed by atoms with Crippen LogP contribution in [0.25, 0.3) is 0 Å². The van der Waals surface area contributed by atoms with Crippen molar-refractivity contribution in [3.8, 4) is 0 Å². The minimum Gasteiger partial charge on any atom is -0.310 e. The van der Waals surface area contributed by atoms with E-state index >= 15 is 0 Å². The van der Waals surface area contributed by atoms with E-state index in [1.807, 2.05) is 0 Å². The Labute approximate surface area is 52.0 Å². The summed E-state index contributed by atoms with van der Waals surface area (Å²) in [5.41, 5.74) is 0. The van der Waals surface area contributed by atoms with Gasteiger partial charge in [0.05, 0.1) is 6.54 Å². The van der Waals surface area contributed by atoms with E-state index in [0.717, 1.165) is 0 Å². The molecule has 0 amide bonds. The van der Waals surface area contributed by atoms with E-state index in [-0.39, 0.29) is 6.54 Å². The molecule has 0 unspecified atom stereocenters. The molecule has 1 N–H and O–H groups in total. The molecule has 50 valence electrons. The Morgan fingerprint density at radius 2 is 2.12 bits per heavy atom. The van der Waals surface area contributed by atoms with Gasteiger partial charge in [-0.1, -0.05) is 0 Å². The second kappa shape index (κ2) is 5.25. The third-order valence-corrected chi connectivity index (χ3v) is 0.759. The summed E-state index contributed by atoms with van der Waals surface area (Å²) in [6, 6.07) is 0. The van der Waals surface area contributed by atoms with Crippen LogP contribution in [-0.4, -0.2) is 25.4 Å². The first kappa shape index (κ1) is 8.11. The quantitative estimate of drug-likeness (QED) is 0.459. The van der Waals surface area contributed by atoms with Gasteiger partial charge in [0.2, 0.25) is 0 Å². The number of alkyl halides is 3. The van der Waals surface area contributed by atoms with Crippen LogP contribution in [0.2, 0.25) is 0 Å². The van der Waals surface area contributed by atoms with Gasteiger partial charge < -0.3 is 5.32 Å². The van der Waals surface area contributed by atoms with Crippen LogP contribution in [0.1, 0.15) is 0 Å². The van der Waals surface area contributed by atoms with Crippen molar-refractivity contribution in [2.75, 3.05) is 19.0 Å². The lowest BCUT2D eigenvalue weighted by atomic mass is 10.6. The molecule has 0 aromatic carbocycles. The predicted octanol–water partition coefficient (Wildman–Crippen LogP) is 1.08. The molecule has 0 aromatic rings. The van der Waals surface area contributed by atoms with E-state index < -0.39 is 6.43 Å². The van der Waals surface area contributed by atoms with Crippen LogP contribution >= 0.6 is 11.6 Å². The number of nitrogens with one attached hydrogen (secondary N) is 1. The first-order chi connectivity index (χ1) is 3.77. The van der Waals surface area contributed by atoms with Gasteiger partial charge >= 0.3 is 0 Å². The average molecular weight is 144 g/mol. The van der Waals surface area contributed by atoms with Crippen LogP contribution in [0, 0.1) is 0 Å². The summed E-state index contributed by atoms with van der Waals surface area (Å²) in [4.78, 5) is 0. The van der Waals surface area contributed by atoms with E-state index in [1.165, 1.54) is 0 Å². The number of rotatable bonds is 4. The number of hydrogen-bond acceptors (Lipinski definition) is 1. The maximum atomic E-state index is 11.3. The normalized spacial score (nSPS) is 10.5. The van der Waals surface area contributed by atoms with Crippen LogP contribution < -0.4 is 5.32 Å². The molecule has 0 aromatic heterocycles. The fraction of sp³-hybridized carbons (Fsp3) is 1.00. The average Bonchev–Trinajstić information content (AvgIpc) is 1.66. The number of halogens is 3. The topological polar surface area (TPSA) is 12.0 Å². The van der Waals surface area contributed by atoms with Gasteiger partial charge in [0.1, 0.15) is 0 Å². The van der Waals surface area contributed by atoms with Crippen molar-refractivity contribution in [3.63, 3.8) is 0 Å². The summed E-state index contributed by atoms with van der Waals surface area (Å²) < 4.78 is 22.5. The Hall–Kier alpha value is 0.110. The maximum Gasteiger partial charge on any atom is 0.250 e. The SMILES string of the molecule is FC(F)CNCCCl. The van der Waals surface area contributed by atoms with Crippen molar-refractivity contribution in [2.24, 2.45) is 0 Å². The first-order valence-electron chi connectivity index (χ1n) is 2.32. The van der Waals surface area contributed by atoms with Crippen LogP contribution in [0.3, 0.4) is 0 Å². The molecule has 0 bridgehead atoms. The molecule has 0 aliphatic heterocycles. The second-order valence-electron chi connectivity index (χ2n) is 1.28. The second-order valence-corrected chi connectivity index (χ2v) is 1.66. The molecule has 0 aliphatic carbocycles. The molecule has 0 saturated carbocycles. The van der Waals surface area contributed by atoms with E-state index in [2.05, 4.69) is 5.32 Å². The molecular weight excluding hydrogens is 136 g/mol. The fourth-order valence-electron chi connectivity index (χ4n) is 0.278. The highest BCUT2D eigenvalue weighted by Crippen LogP contribution is 1.86. The van der Waals surface area contributed by atoms with Gasteiger partial charge in [-0.3, -0.25) is 0 Å². The van der Waals surface area contributed by atoms with E-state index in [0.29, 0.717) is 12.4 Å². The lowest BCUT2D eigenvalue weighted by molar-refractivity contribution is 0.147. The summed E-state index contributed by atoms with van der Waals surface area (Å²) in [5, 5.41) is 2.45. The van der Waals surface area contributed by atoms with Crippen molar-refractivity contribution < 1.29 is 8.78 Å². The van der Waals surface area contributed by atoms with Gasteiger partial charge in [-0.15, -0.1) is 11.6 Å². The third kappa shape index (κ3) is 6.11. The highest BCUT2D eigenvalue weighted by molar-refractivity contribution is 6.18. The predicted molar refractivity (Wildman–Crippen MR) is 29.6 cm³/mol. The maximum absolute atomic E-state index is 11.3. The summed E-state index contributed by atoms with van der Waals surface area (Å²) >= 11 is 5.18. The van der Waals surface area contributed by atoms with Crippen molar-refractivity contribution in [1.29, 1.82) is 0 Å². The zero-order chi connectivity index (χ0) is 6.41. The zero-order valence-electron chi connectivity index (χ0n) is 4.33. The Morgan fingerprint density at radius 1 is 1.50 bits per heavy atom. The molecule has 0 fully saturated rings. The smallest absolute Gasteiger partial charge is 0.250 e. The minimum atomic E-state index is -2.27.